The molecule has 0 aliphatic carbocycles. The van der Waals surface area contributed by atoms with E-state index in [4.69, 9.17) is 14.2 Å². The van der Waals surface area contributed by atoms with Crippen LogP contribution in [0.3, 0.4) is 0 Å². The van der Waals surface area contributed by atoms with Crippen molar-refractivity contribution in [2.75, 3.05) is 21.3 Å². The number of halogens is 1. The highest BCUT2D eigenvalue weighted by Gasteiger charge is 2.40. The largest absolute Gasteiger partial charge is 0.493 e. The maximum Gasteiger partial charge on any atom is 0.319 e. The van der Waals surface area contributed by atoms with E-state index < -0.39 is 24.0 Å². The first-order valence-electron chi connectivity index (χ1n) is 6.68. The second-order valence-corrected chi connectivity index (χ2v) is 5.75. The van der Waals surface area contributed by atoms with E-state index in [-0.39, 0.29) is 5.70 Å². The van der Waals surface area contributed by atoms with Crippen molar-refractivity contribution in [2.45, 2.75) is 6.04 Å². The molecule has 0 spiro atoms. The summed E-state index contributed by atoms with van der Waals surface area (Å²) in [6.07, 6.45) is 0. The first-order valence-corrected chi connectivity index (χ1v) is 7.47. The first-order chi connectivity index (χ1) is 10.9. The lowest BCUT2D eigenvalue weighted by atomic mass is 9.88. The Morgan fingerprint density at radius 1 is 1.26 bits per heavy atom. The fraction of sp³-hybridized carbons (Fsp3) is 0.333. The molecule has 0 bridgehead atoms. The normalized spacial score (nSPS) is 20.3. The summed E-state index contributed by atoms with van der Waals surface area (Å²) < 4.78 is 16.3. The Labute approximate surface area is 142 Å². The standard InChI is InChI=1S/C15H17BrN2O5/c1-7-11(14(19)23-4)12(18-15(20)17-7)9-5-8(16)6-10(21-2)13(9)22-3/h5-6,11-12H,1H2,2-4H3,(H2,17,18,20)/t11-,12+/m0/s1. The summed E-state index contributed by atoms with van der Waals surface area (Å²) >= 11 is 3.39. The molecule has 1 saturated heterocycles. The van der Waals surface area contributed by atoms with Gasteiger partial charge in [0.15, 0.2) is 11.5 Å². The molecule has 7 nitrogen and oxygen atoms in total. The van der Waals surface area contributed by atoms with Crippen molar-refractivity contribution in [1.29, 1.82) is 0 Å². The molecule has 1 aromatic rings. The molecule has 124 valence electrons. The molecule has 0 unspecified atom stereocenters. The predicted molar refractivity (Wildman–Crippen MR) is 86.3 cm³/mol. The molecule has 1 aliphatic heterocycles. The summed E-state index contributed by atoms with van der Waals surface area (Å²) in [6.45, 7) is 3.75. The molecule has 0 radical (unpaired) electrons. The Morgan fingerprint density at radius 2 is 1.96 bits per heavy atom. The van der Waals surface area contributed by atoms with Crippen molar-refractivity contribution >= 4 is 27.9 Å². The van der Waals surface area contributed by atoms with Crippen LogP contribution in [-0.2, 0) is 9.53 Å². The molecule has 23 heavy (non-hydrogen) atoms. The molecule has 1 fully saturated rings. The summed E-state index contributed by atoms with van der Waals surface area (Å²) in [5.74, 6) is -0.428. The minimum Gasteiger partial charge on any atom is -0.493 e. The van der Waals surface area contributed by atoms with Gasteiger partial charge in [-0.1, -0.05) is 22.5 Å². The number of methoxy groups -OCH3 is 3. The number of amides is 2. The van der Waals surface area contributed by atoms with Crippen LogP contribution in [0.15, 0.2) is 28.9 Å². The maximum absolute atomic E-state index is 12.1. The van der Waals surface area contributed by atoms with E-state index in [1.54, 1.807) is 12.1 Å². The minimum atomic E-state index is -0.800. The van der Waals surface area contributed by atoms with Crippen molar-refractivity contribution in [3.63, 3.8) is 0 Å². The number of carbonyl (C=O) groups is 2. The van der Waals surface area contributed by atoms with E-state index in [2.05, 4.69) is 33.1 Å². The zero-order valence-corrected chi connectivity index (χ0v) is 14.5. The average molecular weight is 385 g/mol. The monoisotopic (exact) mass is 384 g/mol. The smallest absolute Gasteiger partial charge is 0.319 e. The Bertz CT molecular complexity index is 662. The van der Waals surface area contributed by atoms with Gasteiger partial charge in [-0.2, -0.15) is 0 Å². The third-order valence-corrected chi connectivity index (χ3v) is 3.99. The minimum absolute atomic E-state index is 0.256. The summed E-state index contributed by atoms with van der Waals surface area (Å²) in [5.41, 5.74) is 0.830. The Hall–Kier alpha value is -2.22. The molecule has 2 rings (SSSR count). The van der Waals surface area contributed by atoms with Crippen LogP contribution >= 0.6 is 15.9 Å². The SMILES string of the molecule is C=C1NC(=O)N[C@H](c2cc(Br)cc(OC)c2OC)[C@H]1C(=O)OC. The number of urea groups is 1. The van der Waals surface area contributed by atoms with Gasteiger partial charge in [0.25, 0.3) is 0 Å². The molecule has 1 heterocycles. The van der Waals surface area contributed by atoms with Crippen molar-refractivity contribution in [3.05, 3.63) is 34.4 Å². The molecular weight excluding hydrogens is 368 g/mol. The fourth-order valence-corrected chi connectivity index (χ4v) is 2.99. The van der Waals surface area contributed by atoms with Crippen molar-refractivity contribution < 1.29 is 23.8 Å². The second kappa shape index (κ2) is 6.91. The Kier molecular flexibility index (Phi) is 5.15. The van der Waals surface area contributed by atoms with Crippen molar-refractivity contribution in [2.24, 2.45) is 5.92 Å². The molecule has 2 N–H and O–H groups in total. The zero-order valence-electron chi connectivity index (χ0n) is 12.9. The number of nitrogens with one attached hydrogen (secondary N) is 2. The molecule has 0 saturated carbocycles. The van der Waals surface area contributed by atoms with Gasteiger partial charge in [0.2, 0.25) is 0 Å². The highest BCUT2D eigenvalue weighted by atomic mass is 79.9. The number of benzene rings is 1. The van der Waals surface area contributed by atoms with Crippen LogP contribution in [0.2, 0.25) is 0 Å². The van der Waals surface area contributed by atoms with Gasteiger partial charge >= 0.3 is 12.0 Å². The Morgan fingerprint density at radius 3 is 2.52 bits per heavy atom. The van der Waals surface area contributed by atoms with Crippen LogP contribution in [0.25, 0.3) is 0 Å². The van der Waals surface area contributed by atoms with Crippen LogP contribution in [0.4, 0.5) is 4.79 Å². The topological polar surface area (TPSA) is 85.9 Å². The van der Waals surface area contributed by atoms with E-state index in [1.165, 1.54) is 21.3 Å². The number of carbonyl (C=O) groups excluding carboxylic acids is 2. The maximum atomic E-state index is 12.1. The van der Waals surface area contributed by atoms with Gasteiger partial charge in [0.1, 0.15) is 5.92 Å². The lowest BCUT2D eigenvalue weighted by Crippen LogP contribution is -2.51. The van der Waals surface area contributed by atoms with Gasteiger partial charge in [-0.25, -0.2) is 4.79 Å². The molecule has 1 aromatic carbocycles. The first kappa shape index (κ1) is 17.1. The molecule has 8 heteroatoms. The van der Waals surface area contributed by atoms with Gasteiger partial charge in [0.05, 0.1) is 27.4 Å². The van der Waals surface area contributed by atoms with Gasteiger partial charge < -0.3 is 24.8 Å². The van der Waals surface area contributed by atoms with Crippen LogP contribution in [0.1, 0.15) is 11.6 Å². The van der Waals surface area contributed by atoms with Crippen LogP contribution < -0.4 is 20.1 Å². The Balaban J connectivity index is 2.60. The van der Waals surface area contributed by atoms with Crippen LogP contribution in [0, 0.1) is 5.92 Å². The third kappa shape index (κ3) is 3.26. The van der Waals surface area contributed by atoms with Crippen LogP contribution in [-0.4, -0.2) is 33.3 Å². The number of hydrogen-bond donors (Lipinski definition) is 2. The van der Waals surface area contributed by atoms with E-state index in [0.29, 0.717) is 21.5 Å². The van der Waals surface area contributed by atoms with E-state index in [1.807, 2.05) is 0 Å². The van der Waals surface area contributed by atoms with E-state index in [0.717, 1.165) is 0 Å². The average Bonchev–Trinajstić information content (AvgIpc) is 2.52. The number of esters is 1. The molecule has 0 aromatic heterocycles. The lowest BCUT2D eigenvalue weighted by molar-refractivity contribution is -0.145. The predicted octanol–water partition coefficient (Wildman–Crippen LogP) is 2.12. The van der Waals surface area contributed by atoms with Gasteiger partial charge in [-0.05, 0) is 12.1 Å². The highest BCUT2D eigenvalue weighted by Crippen LogP contribution is 2.42. The van der Waals surface area contributed by atoms with Crippen LogP contribution in [0.5, 0.6) is 11.5 Å². The van der Waals surface area contributed by atoms with E-state index >= 15 is 0 Å². The summed E-state index contributed by atoms with van der Waals surface area (Å²) in [5, 5.41) is 5.21. The second-order valence-electron chi connectivity index (χ2n) is 4.83. The number of rotatable bonds is 4. The van der Waals surface area contributed by atoms with E-state index in [9.17, 15) is 9.59 Å². The van der Waals surface area contributed by atoms with Gasteiger partial charge in [0, 0.05) is 15.7 Å². The summed E-state index contributed by atoms with van der Waals surface area (Å²) in [4.78, 5) is 24.0. The fourth-order valence-electron chi connectivity index (χ4n) is 2.54. The van der Waals surface area contributed by atoms with Crippen molar-refractivity contribution in [1.82, 2.24) is 10.6 Å². The lowest BCUT2D eigenvalue weighted by Gasteiger charge is -2.33. The molecule has 1 aliphatic rings. The summed E-state index contributed by atoms with van der Waals surface area (Å²) in [6, 6.07) is 2.32. The summed E-state index contributed by atoms with van der Waals surface area (Å²) in [7, 11) is 4.27. The highest BCUT2D eigenvalue weighted by molar-refractivity contribution is 9.10. The molecule has 2 atom stereocenters. The molecule has 2 amide bonds. The molecular formula is C15H17BrN2O5. The third-order valence-electron chi connectivity index (χ3n) is 3.53. The van der Waals surface area contributed by atoms with Crippen molar-refractivity contribution in [3.8, 4) is 11.5 Å². The number of ether oxygens (including phenoxy) is 3. The zero-order chi connectivity index (χ0) is 17.1. The van der Waals surface area contributed by atoms with Gasteiger partial charge in [-0.15, -0.1) is 0 Å². The number of hydrogen-bond acceptors (Lipinski definition) is 5. The van der Waals surface area contributed by atoms with Gasteiger partial charge in [-0.3, -0.25) is 4.79 Å². The quantitative estimate of drug-likeness (QED) is 0.776.